The number of hydrogen-bond acceptors (Lipinski definition) is 0. The van der Waals surface area contributed by atoms with Crippen LogP contribution >= 0.6 is 0 Å². The van der Waals surface area contributed by atoms with Crippen molar-refractivity contribution >= 4 is 0 Å². The number of rotatable bonds is 12. The van der Waals surface area contributed by atoms with E-state index in [4.69, 9.17) is 0 Å². The van der Waals surface area contributed by atoms with Crippen LogP contribution < -0.4 is 0 Å². The van der Waals surface area contributed by atoms with Gasteiger partial charge in [0.05, 0.1) is 0 Å². The quantitative estimate of drug-likeness (QED) is 0.361. The highest BCUT2D eigenvalue weighted by atomic mass is 14.0. The van der Waals surface area contributed by atoms with Gasteiger partial charge in [-0.05, 0) is 6.42 Å². The van der Waals surface area contributed by atoms with Crippen molar-refractivity contribution in [1.29, 1.82) is 0 Å². The van der Waals surface area contributed by atoms with E-state index in [2.05, 4.69) is 20.3 Å². The molecule has 0 saturated heterocycles. The molecule has 0 amide bonds. The fourth-order valence-electron chi connectivity index (χ4n) is 1.86. The third-order valence-electron chi connectivity index (χ3n) is 2.92. The summed E-state index contributed by atoms with van der Waals surface area (Å²) in [6.07, 6.45) is 18.9. The van der Waals surface area contributed by atoms with Crippen LogP contribution in [0, 0.1) is 13.3 Å². The summed E-state index contributed by atoms with van der Waals surface area (Å²) in [6, 6.07) is 0. The van der Waals surface area contributed by atoms with E-state index in [0.717, 1.165) is 6.42 Å². The molecule has 0 aliphatic heterocycles. The highest BCUT2D eigenvalue weighted by molar-refractivity contribution is 4.64. The minimum absolute atomic E-state index is 1.11. The van der Waals surface area contributed by atoms with Crippen molar-refractivity contribution in [2.24, 2.45) is 0 Å². The van der Waals surface area contributed by atoms with E-state index in [1.165, 1.54) is 70.6 Å². The van der Waals surface area contributed by atoms with Crippen LogP contribution in [0.3, 0.4) is 0 Å². The van der Waals surface area contributed by atoms with Crippen LogP contribution in [0.15, 0.2) is 0 Å². The van der Waals surface area contributed by atoms with Crippen molar-refractivity contribution < 1.29 is 0 Å². The van der Waals surface area contributed by atoms with Gasteiger partial charge in [0.2, 0.25) is 0 Å². The van der Waals surface area contributed by atoms with Crippen molar-refractivity contribution in [1.82, 2.24) is 0 Å². The molecule has 0 aromatic carbocycles. The molecule has 0 spiro atoms. The van der Waals surface area contributed by atoms with E-state index in [0.29, 0.717) is 0 Å². The Morgan fingerprint density at radius 2 is 1.27 bits per heavy atom. The molecule has 0 heteroatoms. The minimum atomic E-state index is 1.11. The monoisotopic (exact) mass is 210 g/mol. The molecule has 0 fully saturated rings. The van der Waals surface area contributed by atoms with E-state index in [1.807, 2.05) is 0 Å². The van der Waals surface area contributed by atoms with Crippen LogP contribution in [0.4, 0.5) is 0 Å². The van der Waals surface area contributed by atoms with E-state index in [1.54, 1.807) is 0 Å². The zero-order valence-corrected chi connectivity index (χ0v) is 10.8. The Bertz CT molecular complexity index is 84.2. The van der Waals surface area contributed by atoms with Crippen molar-refractivity contribution in [3.63, 3.8) is 0 Å². The first kappa shape index (κ1) is 15.0. The Morgan fingerprint density at radius 1 is 0.733 bits per heavy atom. The summed E-state index contributed by atoms with van der Waals surface area (Å²) in [5.41, 5.74) is 0. The van der Waals surface area contributed by atoms with Gasteiger partial charge in [-0.3, -0.25) is 0 Å². The first-order valence-corrected chi connectivity index (χ1v) is 7.02. The second kappa shape index (κ2) is 14.0. The molecule has 0 saturated carbocycles. The molecule has 0 N–H and O–H groups in total. The first-order valence-electron chi connectivity index (χ1n) is 7.02. The molecular weight excluding hydrogens is 180 g/mol. The van der Waals surface area contributed by atoms with Crippen molar-refractivity contribution in [2.45, 2.75) is 84.0 Å². The zero-order valence-electron chi connectivity index (χ0n) is 10.8. The van der Waals surface area contributed by atoms with Gasteiger partial charge >= 0.3 is 0 Å². The van der Waals surface area contributed by atoms with Crippen molar-refractivity contribution in [3.8, 4) is 0 Å². The lowest BCUT2D eigenvalue weighted by Gasteiger charge is -2.01. The Hall–Kier alpha value is 0. The first-order chi connectivity index (χ1) is 7.41. The van der Waals surface area contributed by atoms with Crippen LogP contribution in [-0.2, 0) is 0 Å². The predicted molar refractivity (Wildman–Crippen MR) is 70.7 cm³/mol. The summed E-state index contributed by atoms with van der Waals surface area (Å²) in [5, 5.41) is 0. The van der Waals surface area contributed by atoms with Gasteiger partial charge in [0.25, 0.3) is 0 Å². The molecule has 0 atom stereocenters. The molecule has 0 aliphatic rings. The Morgan fingerprint density at radius 3 is 1.87 bits per heavy atom. The Labute approximate surface area is 97.8 Å². The third kappa shape index (κ3) is 14.0. The van der Waals surface area contributed by atoms with Gasteiger partial charge in [-0.15, -0.1) is 0 Å². The average molecular weight is 210 g/mol. The average Bonchev–Trinajstić information content (AvgIpc) is 2.26. The van der Waals surface area contributed by atoms with Gasteiger partial charge < -0.3 is 0 Å². The lowest BCUT2D eigenvalue weighted by Crippen LogP contribution is -1.82. The van der Waals surface area contributed by atoms with Gasteiger partial charge in [0.15, 0.2) is 0 Å². The molecule has 0 aromatic heterocycles. The predicted octanol–water partition coefficient (Wildman–Crippen LogP) is 5.73. The maximum atomic E-state index is 3.86. The summed E-state index contributed by atoms with van der Waals surface area (Å²) >= 11 is 0. The summed E-state index contributed by atoms with van der Waals surface area (Å²) in [6.45, 7) is 6.14. The van der Waals surface area contributed by atoms with Crippen LogP contribution in [0.1, 0.15) is 84.0 Å². The van der Waals surface area contributed by atoms with Crippen molar-refractivity contribution in [3.05, 3.63) is 13.3 Å². The zero-order chi connectivity index (χ0) is 11.2. The highest BCUT2D eigenvalue weighted by Crippen LogP contribution is 2.11. The van der Waals surface area contributed by atoms with Gasteiger partial charge in [0.1, 0.15) is 0 Å². The molecular formula is C15H30. The molecule has 0 heterocycles. The molecule has 90 valence electrons. The summed E-state index contributed by atoms with van der Waals surface area (Å²) in [7, 11) is 0. The SMILES string of the molecule is [CH2]CCCCCCC[CH]CCCCCC. The summed E-state index contributed by atoms with van der Waals surface area (Å²) in [5.74, 6) is 0. The maximum absolute atomic E-state index is 3.86. The normalized spacial score (nSPS) is 10.8. The molecule has 0 nitrogen and oxygen atoms in total. The van der Waals surface area contributed by atoms with Crippen LogP contribution in [0.5, 0.6) is 0 Å². The van der Waals surface area contributed by atoms with E-state index >= 15 is 0 Å². The molecule has 0 bridgehead atoms. The lowest BCUT2D eigenvalue weighted by molar-refractivity contribution is 0.597. The van der Waals surface area contributed by atoms with Crippen molar-refractivity contribution in [2.75, 3.05) is 0 Å². The summed E-state index contributed by atoms with van der Waals surface area (Å²) in [4.78, 5) is 0. The van der Waals surface area contributed by atoms with Gasteiger partial charge in [-0.1, -0.05) is 90.9 Å². The molecule has 0 aliphatic carbocycles. The minimum Gasteiger partial charge on any atom is -0.0654 e. The molecule has 0 unspecified atom stereocenters. The Kier molecular flexibility index (Phi) is 14.0. The molecule has 0 aromatic rings. The second-order valence-corrected chi connectivity index (χ2v) is 4.55. The third-order valence-corrected chi connectivity index (χ3v) is 2.92. The topological polar surface area (TPSA) is 0 Å². The highest BCUT2D eigenvalue weighted by Gasteiger charge is 1.92. The van der Waals surface area contributed by atoms with E-state index < -0.39 is 0 Å². The van der Waals surface area contributed by atoms with Gasteiger partial charge in [-0.25, -0.2) is 0 Å². The summed E-state index contributed by atoms with van der Waals surface area (Å²) < 4.78 is 0. The van der Waals surface area contributed by atoms with Gasteiger partial charge in [0, 0.05) is 0 Å². The smallest absolute Gasteiger partial charge is 0.0386 e. The maximum Gasteiger partial charge on any atom is -0.0386 e. The Balaban J connectivity index is 2.81. The van der Waals surface area contributed by atoms with Crippen LogP contribution in [0.2, 0.25) is 0 Å². The van der Waals surface area contributed by atoms with Gasteiger partial charge in [-0.2, -0.15) is 0 Å². The molecule has 0 rings (SSSR count). The largest absolute Gasteiger partial charge is 0.0654 e. The standard InChI is InChI=1S/C15H30/c1-3-5-7-9-11-13-15-14-12-10-8-6-4-2/h14H,1,3-13,15H2,2H3. The van der Waals surface area contributed by atoms with Crippen LogP contribution in [0.25, 0.3) is 0 Å². The lowest BCUT2D eigenvalue weighted by atomic mass is 10.1. The number of unbranched alkanes of at least 4 members (excludes halogenated alkanes) is 12. The fraction of sp³-hybridized carbons (Fsp3) is 0.867. The fourth-order valence-corrected chi connectivity index (χ4v) is 1.86. The second-order valence-electron chi connectivity index (χ2n) is 4.55. The molecule has 2 radical (unpaired) electrons. The van der Waals surface area contributed by atoms with E-state index in [9.17, 15) is 0 Å². The van der Waals surface area contributed by atoms with Crippen LogP contribution in [-0.4, -0.2) is 0 Å². The molecule has 15 heavy (non-hydrogen) atoms. The van der Waals surface area contributed by atoms with E-state index in [-0.39, 0.29) is 0 Å². The number of hydrogen-bond donors (Lipinski definition) is 0.